The molecule has 0 saturated heterocycles. The van der Waals surface area contributed by atoms with Gasteiger partial charge in [-0.15, -0.1) is 0 Å². The minimum atomic E-state index is -4.76. The number of hydrogen-bond donors (Lipinski definition) is 0. The van der Waals surface area contributed by atoms with Crippen molar-refractivity contribution in [2.45, 2.75) is 31.0 Å². The molecule has 0 unspecified atom stereocenters. The molecule has 2 aromatic heterocycles. The van der Waals surface area contributed by atoms with Gasteiger partial charge in [-0.2, -0.15) is 18.4 Å². The Morgan fingerprint density at radius 2 is 2.03 bits per heavy atom. The highest BCUT2D eigenvalue weighted by Gasteiger charge is 2.46. The Kier molecular flexibility index (Phi) is 5.34. The average molecular weight is 459 g/mol. The SMILES string of the molecule is CN(C(=S)N(c1ccc2ncoc2c1)C1(C=O)CCC1)c1cnc(C#N)c(C(F)(F)F)c1. The normalized spacial score (nSPS) is 15.0. The summed E-state index contributed by atoms with van der Waals surface area (Å²) in [6.45, 7) is 0. The van der Waals surface area contributed by atoms with E-state index in [0.29, 0.717) is 29.6 Å². The van der Waals surface area contributed by atoms with Gasteiger partial charge in [-0.05, 0) is 49.7 Å². The first-order chi connectivity index (χ1) is 15.2. The number of hydrogen-bond acceptors (Lipinski definition) is 6. The summed E-state index contributed by atoms with van der Waals surface area (Å²) in [7, 11) is 1.49. The molecule has 0 radical (unpaired) electrons. The van der Waals surface area contributed by atoms with Gasteiger partial charge in [0.15, 0.2) is 22.8 Å². The molecule has 1 aromatic carbocycles. The lowest BCUT2D eigenvalue weighted by molar-refractivity contribution is -0.138. The molecule has 0 bridgehead atoms. The number of carbonyl (C=O) groups excluding carboxylic acids is 1. The molecule has 0 aliphatic heterocycles. The Morgan fingerprint density at radius 3 is 2.62 bits per heavy atom. The minimum Gasteiger partial charge on any atom is -0.443 e. The van der Waals surface area contributed by atoms with Crippen molar-refractivity contribution in [2.24, 2.45) is 0 Å². The highest BCUT2D eigenvalue weighted by atomic mass is 32.1. The minimum absolute atomic E-state index is 0.0347. The van der Waals surface area contributed by atoms with E-state index < -0.39 is 23.0 Å². The van der Waals surface area contributed by atoms with Crippen LogP contribution in [0.2, 0.25) is 0 Å². The van der Waals surface area contributed by atoms with Crippen LogP contribution in [0.3, 0.4) is 0 Å². The van der Waals surface area contributed by atoms with Crippen molar-refractivity contribution in [3.63, 3.8) is 0 Å². The Labute approximate surface area is 186 Å². The van der Waals surface area contributed by atoms with E-state index in [4.69, 9.17) is 21.9 Å². The maximum atomic E-state index is 13.4. The van der Waals surface area contributed by atoms with Gasteiger partial charge in [0.1, 0.15) is 23.4 Å². The lowest BCUT2D eigenvalue weighted by atomic mass is 9.76. The number of halogens is 3. The molecular weight excluding hydrogens is 443 g/mol. The number of nitriles is 1. The average Bonchev–Trinajstić information content (AvgIpc) is 3.22. The number of rotatable bonds is 4. The quantitative estimate of drug-likeness (QED) is 0.418. The van der Waals surface area contributed by atoms with Crippen molar-refractivity contribution in [3.05, 3.63) is 48.1 Å². The fourth-order valence-electron chi connectivity index (χ4n) is 3.68. The van der Waals surface area contributed by atoms with Crippen molar-refractivity contribution in [1.82, 2.24) is 9.97 Å². The molecule has 1 fully saturated rings. The van der Waals surface area contributed by atoms with Gasteiger partial charge in [0.2, 0.25) is 0 Å². The van der Waals surface area contributed by atoms with Gasteiger partial charge in [0.05, 0.1) is 17.4 Å². The number of pyridine rings is 1. The molecule has 0 amide bonds. The van der Waals surface area contributed by atoms with Gasteiger partial charge in [-0.25, -0.2) is 9.97 Å². The van der Waals surface area contributed by atoms with Crippen LogP contribution in [0.4, 0.5) is 24.5 Å². The molecule has 164 valence electrons. The maximum absolute atomic E-state index is 13.4. The predicted octanol–water partition coefficient (Wildman–Crippen LogP) is 4.46. The number of aldehydes is 1. The zero-order valence-corrected chi connectivity index (χ0v) is 17.6. The Morgan fingerprint density at radius 1 is 1.28 bits per heavy atom. The Balaban J connectivity index is 1.78. The standard InChI is InChI=1S/C21H16F3N5O2S/c1-28(14-7-15(21(22,23)24)17(9-25)26-10-14)19(32)29(20(11-30)5-2-6-20)13-3-4-16-18(8-13)31-12-27-16/h3-4,7-8,10-12H,2,5-6H2,1H3. The van der Waals surface area contributed by atoms with Crippen LogP contribution in [0, 0.1) is 11.3 Å². The highest BCUT2D eigenvalue weighted by Crippen LogP contribution is 2.41. The summed E-state index contributed by atoms with van der Waals surface area (Å²) in [6, 6.07) is 7.41. The molecule has 3 aromatic rings. The molecule has 32 heavy (non-hydrogen) atoms. The summed E-state index contributed by atoms with van der Waals surface area (Å²) in [6.07, 6.45) is 0.389. The topological polar surface area (TPSA) is 86.3 Å². The van der Waals surface area contributed by atoms with E-state index >= 15 is 0 Å². The van der Waals surface area contributed by atoms with Crippen LogP contribution < -0.4 is 9.80 Å². The largest absolute Gasteiger partial charge is 0.443 e. The summed E-state index contributed by atoms with van der Waals surface area (Å²) in [5, 5.41) is 9.10. The van der Waals surface area contributed by atoms with Gasteiger partial charge < -0.3 is 19.0 Å². The highest BCUT2D eigenvalue weighted by molar-refractivity contribution is 7.80. The van der Waals surface area contributed by atoms with Crippen LogP contribution >= 0.6 is 12.2 Å². The summed E-state index contributed by atoms with van der Waals surface area (Å²) in [5.74, 6) is 0. The van der Waals surface area contributed by atoms with Gasteiger partial charge in [0.25, 0.3) is 0 Å². The third kappa shape index (κ3) is 3.56. The Bertz CT molecular complexity index is 1250. The zero-order valence-electron chi connectivity index (χ0n) is 16.8. The van der Waals surface area contributed by atoms with Gasteiger partial charge in [-0.3, -0.25) is 0 Å². The molecule has 2 heterocycles. The monoisotopic (exact) mass is 459 g/mol. The maximum Gasteiger partial charge on any atom is 0.419 e. The lowest BCUT2D eigenvalue weighted by Crippen LogP contribution is -2.60. The molecule has 1 saturated carbocycles. The fourth-order valence-corrected chi connectivity index (χ4v) is 4.07. The third-order valence-corrected chi connectivity index (χ3v) is 6.06. The van der Waals surface area contributed by atoms with Crippen molar-refractivity contribution >= 4 is 46.1 Å². The third-order valence-electron chi connectivity index (χ3n) is 5.61. The number of nitrogens with zero attached hydrogens (tertiary/aromatic N) is 5. The number of alkyl halides is 3. The number of anilines is 2. The van der Waals surface area contributed by atoms with Crippen LogP contribution in [0.5, 0.6) is 0 Å². The fraction of sp³-hybridized carbons (Fsp3) is 0.286. The second-order valence-electron chi connectivity index (χ2n) is 7.46. The predicted molar refractivity (Wildman–Crippen MR) is 114 cm³/mol. The number of benzene rings is 1. The molecule has 1 aliphatic carbocycles. The van der Waals surface area contributed by atoms with Crippen LogP contribution in [0.1, 0.15) is 30.5 Å². The number of carbonyl (C=O) groups is 1. The van der Waals surface area contributed by atoms with Crippen molar-refractivity contribution < 1.29 is 22.4 Å². The van der Waals surface area contributed by atoms with Crippen molar-refractivity contribution in [3.8, 4) is 6.07 Å². The van der Waals surface area contributed by atoms with Crippen LogP contribution in [-0.2, 0) is 11.0 Å². The number of fused-ring (bicyclic) bond motifs is 1. The second-order valence-corrected chi connectivity index (χ2v) is 7.82. The van der Waals surface area contributed by atoms with E-state index in [1.165, 1.54) is 24.4 Å². The Hall–Kier alpha value is -3.52. The van der Waals surface area contributed by atoms with Gasteiger partial charge in [-0.1, -0.05) is 0 Å². The second kappa shape index (κ2) is 7.87. The van der Waals surface area contributed by atoms with Crippen molar-refractivity contribution in [2.75, 3.05) is 16.8 Å². The number of oxazole rings is 1. The molecule has 11 heteroatoms. The first-order valence-corrected chi connectivity index (χ1v) is 9.96. The van der Waals surface area contributed by atoms with E-state index in [2.05, 4.69) is 9.97 Å². The molecule has 4 rings (SSSR count). The van der Waals surface area contributed by atoms with E-state index in [1.54, 1.807) is 23.1 Å². The lowest BCUT2D eigenvalue weighted by Gasteiger charge is -2.48. The zero-order chi connectivity index (χ0) is 23.1. The first-order valence-electron chi connectivity index (χ1n) is 9.55. The summed E-state index contributed by atoms with van der Waals surface area (Å²) in [5.41, 5.74) is -1.12. The molecular formula is C21H16F3N5O2S. The number of aromatic nitrogens is 2. The molecule has 0 atom stereocenters. The molecule has 7 nitrogen and oxygen atoms in total. The van der Waals surface area contributed by atoms with Crippen LogP contribution in [0.25, 0.3) is 11.1 Å². The number of thiocarbonyl (C=S) groups is 1. The smallest absolute Gasteiger partial charge is 0.419 e. The first kappa shape index (κ1) is 21.7. The molecule has 0 spiro atoms. The van der Waals surface area contributed by atoms with E-state index in [9.17, 15) is 18.0 Å². The summed E-state index contributed by atoms with van der Waals surface area (Å²) in [4.78, 5) is 22.8. The van der Waals surface area contributed by atoms with Gasteiger partial charge >= 0.3 is 6.18 Å². The van der Waals surface area contributed by atoms with E-state index in [1.807, 2.05) is 0 Å². The van der Waals surface area contributed by atoms with Crippen molar-refractivity contribution in [1.29, 1.82) is 5.26 Å². The van der Waals surface area contributed by atoms with E-state index in [-0.39, 0.29) is 10.8 Å². The van der Waals surface area contributed by atoms with E-state index in [0.717, 1.165) is 25.0 Å². The summed E-state index contributed by atoms with van der Waals surface area (Å²) >= 11 is 5.65. The van der Waals surface area contributed by atoms with Gasteiger partial charge in [0, 0.05) is 18.8 Å². The molecule has 0 N–H and O–H groups in total. The molecule has 1 aliphatic rings. The summed E-state index contributed by atoms with van der Waals surface area (Å²) < 4.78 is 45.6. The van der Waals surface area contributed by atoms with Crippen LogP contribution in [-0.4, -0.2) is 34.0 Å². The van der Waals surface area contributed by atoms with Crippen LogP contribution in [0.15, 0.2) is 41.3 Å².